The maximum Gasteiger partial charge on any atom is 0.217 e. The molecule has 3 heterocycles. The molecule has 1 amide bonds. The molecule has 1 aromatic heterocycles. The lowest BCUT2D eigenvalue weighted by atomic mass is 10.1. The van der Waals surface area contributed by atoms with Crippen molar-refractivity contribution >= 4 is 23.1 Å². The first kappa shape index (κ1) is 19.8. The van der Waals surface area contributed by atoms with Crippen molar-refractivity contribution in [3.05, 3.63) is 47.3 Å². The van der Waals surface area contributed by atoms with Crippen LogP contribution in [0.4, 0.5) is 5.69 Å². The highest BCUT2D eigenvalue weighted by molar-refractivity contribution is 6.04. The standard InChI is InChI=1S/C22H23N3O5/c1-28-18-6-5-16-17-9-15(26)8-13-10-24-11-14(20(13)25-17)12-30-21(16)22(18)29-7-3-2-4-19(23)27/h5-6,9-11,25H,2-4,7-8,12H2,1H3,(H2,23,27). The van der Waals surface area contributed by atoms with E-state index in [2.05, 4.69) is 10.3 Å². The zero-order valence-electron chi connectivity index (χ0n) is 16.7. The van der Waals surface area contributed by atoms with Crippen LogP contribution < -0.4 is 25.3 Å². The van der Waals surface area contributed by atoms with E-state index in [0.29, 0.717) is 54.4 Å². The molecule has 8 nitrogen and oxygen atoms in total. The summed E-state index contributed by atoms with van der Waals surface area (Å²) in [6, 6.07) is 3.63. The molecule has 30 heavy (non-hydrogen) atoms. The van der Waals surface area contributed by atoms with Crippen LogP contribution >= 0.6 is 0 Å². The van der Waals surface area contributed by atoms with Crippen molar-refractivity contribution in [1.82, 2.24) is 4.98 Å². The van der Waals surface area contributed by atoms with E-state index in [1.54, 1.807) is 31.6 Å². The Kier molecular flexibility index (Phi) is 5.56. The summed E-state index contributed by atoms with van der Waals surface area (Å²) >= 11 is 0. The number of anilines is 1. The SMILES string of the molecule is COc1ccc2c(c1OCCCCC(N)=O)OCc1cncc3c1NC2=CC(=O)C3. The largest absolute Gasteiger partial charge is 0.493 e. The molecule has 0 spiro atoms. The van der Waals surface area contributed by atoms with Gasteiger partial charge in [-0.2, -0.15) is 0 Å². The lowest BCUT2D eigenvalue weighted by Gasteiger charge is -2.24. The summed E-state index contributed by atoms with van der Waals surface area (Å²) in [5.41, 5.74) is 9.10. The van der Waals surface area contributed by atoms with Gasteiger partial charge in [0.15, 0.2) is 17.3 Å². The average Bonchev–Trinajstić information content (AvgIpc) is 2.88. The lowest BCUT2D eigenvalue weighted by molar-refractivity contribution is -0.118. The zero-order chi connectivity index (χ0) is 21.1. The van der Waals surface area contributed by atoms with E-state index in [1.165, 1.54) is 0 Å². The van der Waals surface area contributed by atoms with Crippen molar-refractivity contribution in [2.75, 3.05) is 19.0 Å². The van der Waals surface area contributed by atoms with E-state index in [0.717, 1.165) is 16.8 Å². The van der Waals surface area contributed by atoms with Crippen LogP contribution in [0.3, 0.4) is 0 Å². The van der Waals surface area contributed by atoms with Gasteiger partial charge < -0.3 is 25.3 Å². The van der Waals surface area contributed by atoms with E-state index >= 15 is 0 Å². The van der Waals surface area contributed by atoms with E-state index in [4.69, 9.17) is 19.9 Å². The minimum atomic E-state index is -0.330. The second-order valence-corrected chi connectivity index (χ2v) is 7.19. The molecule has 2 aliphatic rings. The van der Waals surface area contributed by atoms with Gasteiger partial charge in [-0.3, -0.25) is 14.6 Å². The van der Waals surface area contributed by atoms with Crippen LogP contribution in [-0.2, 0) is 22.6 Å². The van der Waals surface area contributed by atoms with Gasteiger partial charge in [0.1, 0.15) is 6.61 Å². The second kappa shape index (κ2) is 8.44. The molecular formula is C22H23N3O5. The number of ketones is 1. The number of benzene rings is 1. The van der Waals surface area contributed by atoms with Crippen molar-refractivity contribution in [3.63, 3.8) is 0 Å². The van der Waals surface area contributed by atoms with Crippen molar-refractivity contribution < 1.29 is 23.8 Å². The molecule has 0 atom stereocenters. The summed E-state index contributed by atoms with van der Waals surface area (Å²) in [7, 11) is 1.56. The number of carbonyl (C=O) groups is 2. The number of carbonyl (C=O) groups excluding carboxylic acids is 2. The highest BCUT2D eigenvalue weighted by Crippen LogP contribution is 2.45. The first-order valence-electron chi connectivity index (χ1n) is 9.79. The molecule has 1 aromatic carbocycles. The number of pyridine rings is 1. The number of rotatable bonds is 7. The van der Waals surface area contributed by atoms with Gasteiger partial charge in [0.05, 0.1) is 25.1 Å². The molecule has 0 aliphatic carbocycles. The van der Waals surface area contributed by atoms with E-state index < -0.39 is 0 Å². The third-order valence-corrected chi connectivity index (χ3v) is 5.05. The van der Waals surface area contributed by atoms with E-state index in [-0.39, 0.29) is 24.7 Å². The zero-order valence-corrected chi connectivity index (χ0v) is 16.7. The molecule has 4 rings (SSSR count). The molecule has 156 valence electrons. The monoisotopic (exact) mass is 409 g/mol. The number of primary amides is 1. The van der Waals surface area contributed by atoms with Crippen LogP contribution in [0.25, 0.3) is 5.70 Å². The molecule has 2 aromatic rings. The summed E-state index contributed by atoms with van der Waals surface area (Å²) in [6.07, 6.45) is 6.91. The number of aromatic nitrogens is 1. The Morgan fingerprint density at radius 2 is 2.10 bits per heavy atom. The number of methoxy groups -OCH3 is 1. The maximum absolute atomic E-state index is 12.5. The van der Waals surface area contributed by atoms with E-state index in [9.17, 15) is 9.59 Å². The van der Waals surface area contributed by atoms with Gasteiger partial charge in [-0.25, -0.2) is 0 Å². The number of nitrogens with two attached hydrogens (primary N) is 1. The van der Waals surface area contributed by atoms with Crippen molar-refractivity contribution in [1.29, 1.82) is 0 Å². The molecule has 0 fully saturated rings. The van der Waals surface area contributed by atoms with Gasteiger partial charge in [0, 0.05) is 48.0 Å². The fraction of sp³-hybridized carbons (Fsp3) is 0.318. The molecule has 8 heteroatoms. The second-order valence-electron chi connectivity index (χ2n) is 7.19. The van der Waals surface area contributed by atoms with Crippen LogP contribution in [0.5, 0.6) is 17.2 Å². The first-order chi connectivity index (χ1) is 14.6. The summed E-state index contributed by atoms with van der Waals surface area (Å²) in [5, 5.41) is 3.39. The third kappa shape index (κ3) is 3.94. The van der Waals surface area contributed by atoms with Gasteiger partial charge in [-0.05, 0) is 25.0 Å². The summed E-state index contributed by atoms with van der Waals surface area (Å²) in [4.78, 5) is 27.7. The molecule has 0 unspecified atom stereocenters. The topological polar surface area (TPSA) is 113 Å². The van der Waals surface area contributed by atoms with Crippen molar-refractivity contribution in [2.24, 2.45) is 5.73 Å². The van der Waals surface area contributed by atoms with Gasteiger partial charge in [0.2, 0.25) is 11.7 Å². The molecule has 2 aliphatic heterocycles. The quantitative estimate of drug-likeness (QED) is 0.676. The molecule has 0 saturated carbocycles. The van der Waals surface area contributed by atoms with Crippen LogP contribution in [0, 0.1) is 0 Å². The fourth-order valence-corrected chi connectivity index (χ4v) is 3.59. The minimum Gasteiger partial charge on any atom is -0.493 e. The normalized spacial score (nSPS) is 14.2. The number of nitrogens with zero attached hydrogens (tertiary/aromatic N) is 1. The van der Waals surface area contributed by atoms with Gasteiger partial charge in [-0.15, -0.1) is 0 Å². The number of fused-ring (bicyclic) bond motifs is 3. The Morgan fingerprint density at radius 3 is 2.90 bits per heavy atom. The molecule has 0 radical (unpaired) electrons. The lowest BCUT2D eigenvalue weighted by Crippen LogP contribution is -2.13. The van der Waals surface area contributed by atoms with Crippen LogP contribution in [0.15, 0.2) is 30.6 Å². The van der Waals surface area contributed by atoms with Crippen LogP contribution in [0.2, 0.25) is 0 Å². The number of amides is 1. The van der Waals surface area contributed by atoms with E-state index in [1.807, 2.05) is 6.07 Å². The van der Waals surface area contributed by atoms with Crippen molar-refractivity contribution in [3.8, 4) is 17.2 Å². The Balaban J connectivity index is 1.70. The summed E-state index contributed by atoms with van der Waals surface area (Å²) in [6.45, 7) is 0.639. The summed E-state index contributed by atoms with van der Waals surface area (Å²) < 4.78 is 17.6. The smallest absolute Gasteiger partial charge is 0.217 e. The minimum absolute atomic E-state index is 0.0206. The number of unbranched alkanes of at least 4 members (excludes halogenated alkanes) is 1. The molecule has 3 N–H and O–H groups in total. The highest BCUT2D eigenvalue weighted by atomic mass is 16.5. The first-order valence-corrected chi connectivity index (χ1v) is 9.79. The number of nitrogens with one attached hydrogen (secondary N) is 1. The van der Waals surface area contributed by atoms with Gasteiger partial charge in [-0.1, -0.05) is 0 Å². The maximum atomic E-state index is 12.5. The number of allylic oxidation sites excluding steroid dienone is 1. The Morgan fingerprint density at radius 1 is 1.27 bits per heavy atom. The number of hydrogen-bond acceptors (Lipinski definition) is 7. The molecule has 0 saturated heterocycles. The Labute approximate surface area is 174 Å². The Hall–Kier alpha value is -3.55. The van der Waals surface area contributed by atoms with Crippen LogP contribution in [-0.4, -0.2) is 30.4 Å². The van der Waals surface area contributed by atoms with Crippen LogP contribution in [0.1, 0.15) is 36.0 Å². The predicted molar refractivity (Wildman–Crippen MR) is 110 cm³/mol. The third-order valence-electron chi connectivity index (χ3n) is 5.05. The fourth-order valence-electron chi connectivity index (χ4n) is 3.59. The van der Waals surface area contributed by atoms with Crippen molar-refractivity contribution in [2.45, 2.75) is 32.3 Å². The Bertz CT molecular complexity index is 1030. The van der Waals surface area contributed by atoms with Gasteiger partial charge in [0.25, 0.3) is 0 Å². The number of hydrogen-bond donors (Lipinski definition) is 2. The number of ether oxygens (including phenoxy) is 3. The molecule has 2 bridgehead atoms. The highest BCUT2D eigenvalue weighted by Gasteiger charge is 2.27. The predicted octanol–water partition coefficient (Wildman–Crippen LogP) is 2.60. The average molecular weight is 409 g/mol. The molecular weight excluding hydrogens is 386 g/mol. The summed E-state index contributed by atoms with van der Waals surface area (Å²) in [5.74, 6) is 1.13. The van der Waals surface area contributed by atoms with Gasteiger partial charge >= 0.3 is 0 Å².